The predicted octanol–water partition coefficient (Wildman–Crippen LogP) is 1.89. The molecule has 1 N–H and O–H groups in total. The molecule has 2 rings (SSSR count). The summed E-state index contributed by atoms with van der Waals surface area (Å²) >= 11 is 0. The molecule has 0 spiro atoms. The Morgan fingerprint density at radius 1 is 1.06 bits per heavy atom. The van der Waals surface area contributed by atoms with Crippen molar-refractivity contribution < 1.29 is 27.7 Å². The summed E-state index contributed by atoms with van der Waals surface area (Å²) in [5.41, 5.74) is 0.117. The molecule has 0 aliphatic carbocycles. The van der Waals surface area contributed by atoms with Crippen LogP contribution >= 0.6 is 0 Å². The fraction of sp³-hybridized carbons (Fsp3) is 0.300. The summed E-state index contributed by atoms with van der Waals surface area (Å²) in [7, 11) is -3.90. The number of ether oxygens (including phenoxy) is 1. The van der Waals surface area contributed by atoms with Crippen LogP contribution in [0.4, 0.5) is 5.69 Å². The van der Waals surface area contributed by atoms with E-state index in [-0.39, 0.29) is 30.2 Å². The number of nitro groups is 1. The maximum Gasteiger partial charge on any atom is 0.312 e. The first-order valence-corrected chi connectivity index (χ1v) is 10.9. The van der Waals surface area contributed by atoms with Crippen molar-refractivity contribution in [1.29, 1.82) is 0 Å². The molecule has 2 aromatic carbocycles. The molecule has 0 radical (unpaired) electrons. The monoisotopic (exact) mass is 449 g/mol. The Morgan fingerprint density at radius 2 is 1.71 bits per heavy atom. The zero-order valence-electron chi connectivity index (χ0n) is 17.1. The number of benzene rings is 2. The van der Waals surface area contributed by atoms with Crippen LogP contribution in [0.2, 0.25) is 0 Å². The van der Waals surface area contributed by atoms with Crippen LogP contribution in [0.1, 0.15) is 19.4 Å². The van der Waals surface area contributed by atoms with E-state index in [0.29, 0.717) is 5.56 Å². The Balaban J connectivity index is 2.08. The number of nitrogens with zero attached hydrogens (tertiary/aromatic N) is 2. The first-order chi connectivity index (χ1) is 14.7. The third-order valence-electron chi connectivity index (χ3n) is 4.32. The van der Waals surface area contributed by atoms with Crippen LogP contribution in [0.25, 0.3) is 0 Å². The van der Waals surface area contributed by atoms with Crippen LogP contribution in [0.3, 0.4) is 0 Å². The highest BCUT2D eigenvalue weighted by Crippen LogP contribution is 2.30. The summed E-state index contributed by atoms with van der Waals surface area (Å²) in [5.74, 6) is -1.61. The van der Waals surface area contributed by atoms with Crippen molar-refractivity contribution in [3.8, 4) is 5.75 Å². The molecule has 2 aromatic rings. The summed E-state index contributed by atoms with van der Waals surface area (Å²) < 4.78 is 31.5. The van der Waals surface area contributed by atoms with Crippen LogP contribution in [-0.4, -0.2) is 49.2 Å². The molecule has 0 fully saturated rings. The number of hydrogen-bond donors (Lipinski definition) is 1. The lowest BCUT2D eigenvalue weighted by Gasteiger charge is -2.18. The van der Waals surface area contributed by atoms with Gasteiger partial charge in [0.1, 0.15) is 0 Å². The fourth-order valence-electron chi connectivity index (χ4n) is 2.80. The summed E-state index contributed by atoms with van der Waals surface area (Å²) in [5, 5.41) is 13.5. The summed E-state index contributed by atoms with van der Waals surface area (Å²) in [6, 6.07) is 12.0. The van der Waals surface area contributed by atoms with Gasteiger partial charge in [0, 0.05) is 19.2 Å². The second-order valence-electron chi connectivity index (χ2n) is 6.40. The van der Waals surface area contributed by atoms with Crippen LogP contribution in [0.15, 0.2) is 53.4 Å². The lowest BCUT2D eigenvalue weighted by molar-refractivity contribution is -0.386. The van der Waals surface area contributed by atoms with E-state index >= 15 is 0 Å². The average Bonchev–Trinajstić information content (AvgIpc) is 2.73. The predicted molar refractivity (Wildman–Crippen MR) is 112 cm³/mol. The maximum absolute atomic E-state index is 12.6. The second-order valence-corrected chi connectivity index (χ2v) is 8.34. The number of hydrogen-bond acceptors (Lipinski definition) is 7. The van der Waals surface area contributed by atoms with E-state index in [4.69, 9.17) is 4.74 Å². The Bertz CT molecular complexity index is 1050. The van der Waals surface area contributed by atoms with E-state index in [1.165, 1.54) is 10.4 Å². The largest absolute Gasteiger partial charge is 0.477 e. The summed E-state index contributed by atoms with van der Waals surface area (Å²) in [6.07, 6.45) is -0.00928. The zero-order chi connectivity index (χ0) is 23.0. The molecule has 0 aliphatic heterocycles. The van der Waals surface area contributed by atoms with Crippen molar-refractivity contribution in [2.45, 2.75) is 25.2 Å². The number of imide groups is 1. The van der Waals surface area contributed by atoms with Crippen molar-refractivity contribution in [3.63, 3.8) is 0 Å². The van der Waals surface area contributed by atoms with Crippen molar-refractivity contribution in [3.05, 3.63) is 64.2 Å². The van der Waals surface area contributed by atoms with Crippen LogP contribution in [-0.2, 0) is 26.0 Å². The summed E-state index contributed by atoms with van der Waals surface area (Å²) in [4.78, 5) is 34.2. The zero-order valence-corrected chi connectivity index (χ0v) is 17.9. The van der Waals surface area contributed by atoms with Crippen LogP contribution < -0.4 is 10.1 Å². The minimum Gasteiger partial charge on any atom is -0.477 e. The molecule has 0 aliphatic rings. The molecule has 0 saturated heterocycles. The van der Waals surface area contributed by atoms with Gasteiger partial charge in [-0.05, 0) is 17.7 Å². The lowest BCUT2D eigenvalue weighted by atomic mass is 10.1. The van der Waals surface area contributed by atoms with Gasteiger partial charge in [-0.1, -0.05) is 44.2 Å². The molecule has 2 amide bonds. The number of rotatable bonds is 10. The van der Waals surface area contributed by atoms with Gasteiger partial charge in [-0.3, -0.25) is 25.0 Å². The topological polar surface area (TPSA) is 136 Å². The molecule has 0 saturated carbocycles. The minimum absolute atomic E-state index is 0.00928. The van der Waals surface area contributed by atoms with E-state index in [9.17, 15) is 28.1 Å². The highest BCUT2D eigenvalue weighted by Gasteiger charge is 2.26. The van der Waals surface area contributed by atoms with Crippen molar-refractivity contribution in [1.82, 2.24) is 9.62 Å². The second kappa shape index (κ2) is 10.6. The van der Waals surface area contributed by atoms with Gasteiger partial charge < -0.3 is 4.74 Å². The Kier molecular flexibility index (Phi) is 8.22. The quantitative estimate of drug-likeness (QED) is 0.432. The molecule has 0 atom stereocenters. The van der Waals surface area contributed by atoms with Crippen molar-refractivity contribution >= 4 is 27.5 Å². The van der Waals surface area contributed by atoms with Gasteiger partial charge in [0.15, 0.2) is 12.4 Å². The van der Waals surface area contributed by atoms with E-state index in [2.05, 4.69) is 5.32 Å². The Hall–Kier alpha value is -3.31. The van der Waals surface area contributed by atoms with Crippen LogP contribution in [0.5, 0.6) is 5.75 Å². The van der Waals surface area contributed by atoms with E-state index in [0.717, 1.165) is 12.1 Å². The smallest absolute Gasteiger partial charge is 0.312 e. The number of sulfonamides is 1. The van der Waals surface area contributed by atoms with Gasteiger partial charge in [0.2, 0.25) is 15.9 Å². The number of amides is 2. The average molecular weight is 449 g/mol. The molecule has 0 bridgehead atoms. The molecule has 31 heavy (non-hydrogen) atoms. The fourth-order valence-corrected chi connectivity index (χ4v) is 4.27. The highest BCUT2D eigenvalue weighted by atomic mass is 32.2. The van der Waals surface area contributed by atoms with Crippen LogP contribution in [0, 0.1) is 10.1 Å². The Morgan fingerprint density at radius 3 is 2.29 bits per heavy atom. The molecule has 0 aromatic heterocycles. The molecular weight excluding hydrogens is 426 g/mol. The van der Waals surface area contributed by atoms with Gasteiger partial charge in [-0.25, -0.2) is 8.42 Å². The molecule has 0 unspecified atom stereocenters. The highest BCUT2D eigenvalue weighted by molar-refractivity contribution is 7.89. The lowest BCUT2D eigenvalue weighted by Crippen LogP contribution is -2.35. The van der Waals surface area contributed by atoms with E-state index in [1.54, 1.807) is 44.2 Å². The van der Waals surface area contributed by atoms with Gasteiger partial charge in [0.25, 0.3) is 5.91 Å². The van der Waals surface area contributed by atoms with E-state index in [1.807, 2.05) is 0 Å². The van der Waals surface area contributed by atoms with E-state index < -0.39 is 39.1 Å². The maximum atomic E-state index is 12.6. The molecule has 0 heterocycles. The van der Waals surface area contributed by atoms with Crippen molar-refractivity contribution in [2.75, 3.05) is 19.7 Å². The SMILES string of the molecule is CCN(CC)S(=O)(=O)c1ccc(OCC(=O)NC(=O)Cc2ccccc2)c([N+](=O)[O-])c1. The number of carbonyl (C=O) groups is 2. The number of carbonyl (C=O) groups excluding carboxylic acids is 2. The summed E-state index contributed by atoms with van der Waals surface area (Å²) in [6.45, 7) is 3.09. The standard InChI is InChI=1S/C20H23N3O7S/c1-3-22(4-2)31(28,29)16-10-11-18(17(13-16)23(26)27)30-14-20(25)21-19(24)12-15-8-6-5-7-9-15/h5-11,13H,3-4,12,14H2,1-2H3,(H,21,24,25). The number of nitrogens with one attached hydrogen (secondary N) is 1. The first kappa shape index (κ1) is 24.0. The number of nitro benzene ring substituents is 1. The molecule has 166 valence electrons. The van der Waals surface area contributed by atoms with Crippen molar-refractivity contribution in [2.24, 2.45) is 0 Å². The molecule has 11 heteroatoms. The van der Waals surface area contributed by atoms with Gasteiger partial charge in [-0.2, -0.15) is 4.31 Å². The first-order valence-electron chi connectivity index (χ1n) is 9.47. The molecular formula is C20H23N3O7S. The minimum atomic E-state index is -3.90. The van der Waals surface area contributed by atoms with Gasteiger partial charge in [-0.15, -0.1) is 0 Å². The Labute approximate surface area is 180 Å². The molecule has 10 nitrogen and oxygen atoms in total. The normalized spacial score (nSPS) is 11.2. The van der Waals surface area contributed by atoms with Gasteiger partial charge >= 0.3 is 5.69 Å². The third-order valence-corrected chi connectivity index (χ3v) is 6.36. The third kappa shape index (κ3) is 6.33. The van der Waals surface area contributed by atoms with Gasteiger partial charge in [0.05, 0.1) is 16.2 Å².